The van der Waals surface area contributed by atoms with Crippen molar-refractivity contribution in [2.45, 2.75) is 32.7 Å². The van der Waals surface area contributed by atoms with Gasteiger partial charge in [0.15, 0.2) is 0 Å². The van der Waals surface area contributed by atoms with Crippen molar-refractivity contribution in [1.29, 1.82) is 0 Å². The van der Waals surface area contributed by atoms with Crippen LogP contribution in [0.5, 0.6) is 0 Å². The normalized spacial score (nSPS) is 16.2. The molecule has 0 bridgehead atoms. The van der Waals surface area contributed by atoms with Crippen molar-refractivity contribution in [1.82, 2.24) is 24.8 Å². The molecule has 2 aromatic heterocycles. The van der Waals surface area contributed by atoms with Crippen molar-refractivity contribution in [2.24, 2.45) is 5.92 Å². The highest BCUT2D eigenvalue weighted by atomic mass is 19.1. The van der Waals surface area contributed by atoms with Crippen LogP contribution in [0, 0.1) is 18.7 Å². The number of nitrogens with zero attached hydrogens (tertiary/aromatic N) is 6. The topological polar surface area (TPSA) is 65.5 Å². The minimum atomic E-state index is -0.366. The molecule has 2 aliphatic rings. The van der Waals surface area contributed by atoms with Crippen molar-refractivity contribution in [3.63, 3.8) is 0 Å². The molecular formula is C32H35FN6O. The first kappa shape index (κ1) is 26.3. The smallest absolute Gasteiger partial charge is 0.253 e. The Bertz CT molecular complexity index is 1560. The van der Waals surface area contributed by atoms with Crippen LogP contribution in [0.4, 0.5) is 10.2 Å². The highest BCUT2D eigenvalue weighted by molar-refractivity contribution is 5.96. The molecule has 8 heteroatoms. The standard InChI is InChI=1S/C32H35FN6O/c1-21-12-25(26-14-28(33)17-34-16-26)15-29-30(21)35-20-36-31(29)39-11-8-23-4-5-24(13-27(23)19-39)32(40)38(3)18-22-6-9-37(2)10-7-22/h4-5,12-17,20,22H,6-11,18-19H2,1-3H3. The van der Waals surface area contributed by atoms with Crippen molar-refractivity contribution >= 4 is 22.6 Å². The zero-order chi connectivity index (χ0) is 27.8. The summed E-state index contributed by atoms with van der Waals surface area (Å²) in [5.41, 5.74) is 6.63. The van der Waals surface area contributed by atoms with Crippen molar-refractivity contribution in [3.05, 3.63) is 83.2 Å². The van der Waals surface area contributed by atoms with Crippen LogP contribution in [-0.2, 0) is 13.0 Å². The van der Waals surface area contributed by atoms with Crippen LogP contribution >= 0.6 is 0 Å². The number of carbonyl (C=O) groups excluding carboxylic acids is 1. The van der Waals surface area contributed by atoms with E-state index in [-0.39, 0.29) is 11.7 Å². The van der Waals surface area contributed by atoms with Crippen LogP contribution in [0.25, 0.3) is 22.0 Å². The number of likely N-dealkylation sites (tertiary alicyclic amines) is 1. The number of anilines is 1. The summed E-state index contributed by atoms with van der Waals surface area (Å²) in [5.74, 6) is 1.12. The average molecular weight is 539 g/mol. The number of halogens is 1. The molecule has 7 nitrogen and oxygen atoms in total. The molecule has 0 aliphatic carbocycles. The van der Waals surface area contributed by atoms with Gasteiger partial charge in [0.25, 0.3) is 5.91 Å². The van der Waals surface area contributed by atoms with Gasteiger partial charge in [-0.05, 0) is 105 Å². The maximum absolute atomic E-state index is 13.9. The Labute approximate surface area is 234 Å². The molecule has 2 aliphatic heterocycles. The SMILES string of the molecule is Cc1cc(-c2cncc(F)c2)cc2c(N3CCc4ccc(C(=O)N(C)CC5CCN(C)CC5)cc4C3)ncnc12. The number of fused-ring (bicyclic) bond motifs is 2. The number of pyridine rings is 1. The second-order valence-corrected chi connectivity index (χ2v) is 11.4. The van der Waals surface area contributed by atoms with Gasteiger partial charge in [-0.25, -0.2) is 14.4 Å². The second-order valence-electron chi connectivity index (χ2n) is 11.4. The summed E-state index contributed by atoms with van der Waals surface area (Å²) in [4.78, 5) is 33.2. The van der Waals surface area contributed by atoms with E-state index in [1.54, 1.807) is 12.5 Å². The lowest BCUT2D eigenvalue weighted by Crippen LogP contribution is -2.38. The summed E-state index contributed by atoms with van der Waals surface area (Å²) in [6, 6.07) is 11.7. The Kier molecular flexibility index (Phi) is 7.19. The van der Waals surface area contributed by atoms with Crippen LogP contribution in [0.1, 0.15) is 39.9 Å². The molecule has 0 radical (unpaired) electrons. The minimum Gasteiger partial charge on any atom is -0.351 e. The number of amides is 1. The van der Waals surface area contributed by atoms with E-state index in [4.69, 9.17) is 4.98 Å². The zero-order valence-electron chi connectivity index (χ0n) is 23.4. The Hall–Kier alpha value is -3.91. The van der Waals surface area contributed by atoms with E-state index in [1.807, 2.05) is 37.1 Å². The van der Waals surface area contributed by atoms with E-state index in [0.717, 1.165) is 90.0 Å². The van der Waals surface area contributed by atoms with Gasteiger partial charge >= 0.3 is 0 Å². The molecule has 2 aromatic carbocycles. The molecule has 206 valence electrons. The third kappa shape index (κ3) is 5.28. The summed E-state index contributed by atoms with van der Waals surface area (Å²) >= 11 is 0. The number of carbonyl (C=O) groups is 1. The number of aryl methyl sites for hydroxylation is 1. The Morgan fingerprint density at radius 2 is 1.85 bits per heavy atom. The molecule has 4 heterocycles. The molecule has 0 atom stereocenters. The average Bonchev–Trinajstić information content (AvgIpc) is 2.97. The van der Waals surface area contributed by atoms with E-state index in [0.29, 0.717) is 12.5 Å². The Morgan fingerprint density at radius 3 is 2.65 bits per heavy atom. The molecule has 1 amide bonds. The molecule has 0 saturated carbocycles. The van der Waals surface area contributed by atoms with Gasteiger partial charge in [0.05, 0.1) is 11.7 Å². The summed E-state index contributed by atoms with van der Waals surface area (Å²) in [6.07, 6.45) is 7.64. The number of hydrogen-bond acceptors (Lipinski definition) is 6. The second kappa shape index (κ2) is 10.9. The fourth-order valence-electron chi connectivity index (χ4n) is 6.13. The Morgan fingerprint density at radius 1 is 1.02 bits per heavy atom. The highest BCUT2D eigenvalue weighted by Gasteiger charge is 2.24. The quantitative estimate of drug-likeness (QED) is 0.352. The lowest BCUT2D eigenvalue weighted by molar-refractivity contribution is 0.0747. The molecule has 0 N–H and O–H groups in total. The predicted octanol–water partition coefficient (Wildman–Crippen LogP) is 5.12. The van der Waals surface area contributed by atoms with E-state index >= 15 is 0 Å². The van der Waals surface area contributed by atoms with Crippen molar-refractivity contribution < 1.29 is 9.18 Å². The minimum absolute atomic E-state index is 0.0790. The molecule has 1 fully saturated rings. The van der Waals surface area contributed by atoms with Crippen LogP contribution in [0.3, 0.4) is 0 Å². The van der Waals surface area contributed by atoms with E-state index in [9.17, 15) is 9.18 Å². The van der Waals surface area contributed by atoms with Crippen LogP contribution in [0.2, 0.25) is 0 Å². The molecule has 1 saturated heterocycles. The van der Waals surface area contributed by atoms with Gasteiger partial charge in [-0.2, -0.15) is 0 Å². The fourth-order valence-corrected chi connectivity index (χ4v) is 6.13. The first-order valence-corrected chi connectivity index (χ1v) is 14.0. The third-order valence-electron chi connectivity index (χ3n) is 8.43. The molecule has 40 heavy (non-hydrogen) atoms. The first-order chi connectivity index (χ1) is 19.4. The van der Waals surface area contributed by atoms with Gasteiger partial charge in [0.2, 0.25) is 0 Å². The van der Waals surface area contributed by atoms with Gasteiger partial charge in [0.1, 0.15) is 18.0 Å². The molecule has 6 rings (SSSR count). The van der Waals surface area contributed by atoms with E-state index in [2.05, 4.69) is 38.9 Å². The lowest BCUT2D eigenvalue weighted by Gasteiger charge is -2.32. The Balaban J connectivity index is 1.26. The molecule has 0 spiro atoms. The zero-order valence-corrected chi connectivity index (χ0v) is 23.4. The number of benzene rings is 2. The monoisotopic (exact) mass is 538 g/mol. The van der Waals surface area contributed by atoms with Gasteiger partial charge < -0.3 is 14.7 Å². The molecular weight excluding hydrogens is 503 g/mol. The number of rotatable bonds is 5. The maximum atomic E-state index is 13.9. The van der Waals surface area contributed by atoms with Crippen LogP contribution in [-0.4, -0.2) is 70.9 Å². The van der Waals surface area contributed by atoms with Crippen LogP contribution in [0.15, 0.2) is 55.1 Å². The van der Waals surface area contributed by atoms with Crippen LogP contribution < -0.4 is 4.90 Å². The van der Waals surface area contributed by atoms with Gasteiger partial charge in [-0.1, -0.05) is 6.07 Å². The molecule has 4 aromatic rings. The van der Waals surface area contributed by atoms with Gasteiger partial charge in [-0.3, -0.25) is 9.78 Å². The van der Waals surface area contributed by atoms with Gasteiger partial charge in [-0.15, -0.1) is 0 Å². The third-order valence-corrected chi connectivity index (χ3v) is 8.43. The highest BCUT2D eigenvalue weighted by Crippen LogP contribution is 2.33. The number of piperidine rings is 1. The van der Waals surface area contributed by atoms with Gasteiger partial charge in [0, 0.05) is 49.4 Å². The number of hydrogen-bond donors (Lipinski definition) is 0. The summed E-state index contributed by atoms with van der Waals surface area (Å²) in [5, 5.41) is 0.926. The molecule has 0 unspecified atom stereocenters. The first-order valence-electron chi connectivity index (χ1n) is 14.0. The summed E-state index contributed by atoms with van der Waals surface area (Å²) < 4.78 is 13.9. The summed E-state index contributed by atoms with van der Waals surface area (Å²) in [7, 11) is 4.08. The van der Waals surface area contributed by atoms with E-state index < -0.39 is 0 Å². The van der Waals surface area contributed by atoms with Crippen molar-refractivity contribution in [3.8, 4) is 11.1 Å². The lowest BCUT2D eigenvalue weighted by atomic mass is 9.95. The fraction of sp³-hybridized carbons (Fsp3) is 0.375. The number of aromatic nitrogens is 3. The predicted molar refractivity (Wildman–Crippen MR) is 156 cm³/mol. The largest absolute Gasteiger partial charge is 0.351 e. The maximum Gasteiger partial charge on any atom is 0.253 e. The summed E-state index contributed by atoms with van der Waals surface area (Å²) in [6.45, 7) is 6.48. The van der Waals surface area contributed by atoms with E-state index in [1.165, 1.54) is 17.8 Å². The van der Waals surface area contributed by atoms with Crippen molar-refractivity contribution in [2.75, 3.05) is 45.2 Å².